The molecule has 1 aliphatic rings. The van der Waals surface area contributed by atoms with Crippen molar-refractivity contribution in [2.45, 2.75) is 17.7 Å². The Bertz CT molecular complexity index is 940. The van der Waals surface area contributed by atoms with Gasteiger partial charge in [-0.15, -0.1) is 0 Å². The zero-order valence-electron chi connectivity index (χ0n) is 16.5. The lowest BCUT2D eigenvalue weighted by Crippen LogP contribution is -2.40. The maximum atomic E-state index is 12.8. The normalized spacial score (nSPS) is 15.1. The van der Waals surface area contributed by atoms with Crippen LogP contribution in [0.3, 0.4) is 0 Å². The molecule has 2 aromatic carbocycles. The Balaban J connectivity index is 1.58. The first-order chi connectivity index (χ1) is 14.0. The van der Waals surface area contributed by atoms with Crippen molar-refractivity contribution in [1.82, 2.24) is 9.62 Å². The summed E-state index contributed by atoms with van der Waals surface area (Å²) in [5.74, 6) is 0.545. The number of nitrogens with one attached hydrogen (secondary N) is 1. The predicted molar refractivity (Wildman–Crippen MR) is 110 cm³/mol. The lowest BCUT2D eigenvalue weighted by atomic mass is 10.1. The van der Waals surface area contributed by atoms with Gasteiger partial charge in [-0.25, -0.2) is 8.42 Å². The monoisotopic (exact) mass is 418 g/mol. The Labute approximate surface area is 171 Å². The maximum absolute atomic E-state index is 12.8. The molecule has 0 aromatic heterocycles. The molecule has 1 amide bonds. The molecule has 29 heavy (non-hydrogen) atoms. The van der Waals surface area contributed by atoms with Crippen molar-refractivity contribution < 1.29 is 22.7 Å². The highest BCUT2D eigenvalue weighted by atomic mass is 32.2. The van der Waals surface area contributed by atoms with Gasteiger partial charge in [0.25, 0.3) is 5.91 Å². The fourth-order valence-corrected chi connectivity index (χ4v) is 4.68. The molecular weight excluding hydrogens is 392 g/mol. The standard InChI is InChI=1S/C21H26N2O5S/c1-27-20-10-3-2-6-17(20)8-5-11-22-21(24)18-7-4-9-19(16-18)29(25,26)23-12-14-28-15-13-23/h2-4,6-7,9-10,16H,5,8,11-15H2,1H3,(H,22,24). The molecule has 0 radical (unpaired) electrons. The molecule has 0 aliphatic carbocycles. The third-order valence-corrected chi connectivity index (χ3v) is 6.70. The number of hydrogen-bond acceptors (Lipinski definition) is 5. The van der Waals surface area contributed by atoms with Gasteiger partial charge in [0.2, 0.25) is 10.0 Å². The maximum Gasteiger partial charge on any atom is 0.251 e. The Morgan fingerprint density at radius 1 is 1.14 bits per heavy atom. The van der Waals surface area contributed by atoms with Crippen molar-refractivity contribution in [3.8, 4) is 5.75 Å². The van der Waals surface area contributed by atoms with Crippen molar-refractivity contribution in [2.24, 2.45) is 0 Å². The van der Waals surface area contributed by atoms with Gasteiger partial charge in [0, 0.05) is 25.2 Å². The lowest BCUT2D eigenvalue weighted by molar-refractivity contribution is 0.0730. The first-order valence-corrected chi connectivity index (χ1v) is 11.0. The van der Waals surface area contributed by atoms with Gasteiger partial charge >= 0.3 is 0 Å². The first-order valence-electron chi connectivity index (χ1n) is 9.60. The second kappa shape index (κ2) is 9.87. The van der Waals surface area contributed by atoms with E-state index in [9.17, 15) is 13.2 Å². The van der Waals surface area contributed by atoms with Crippen LogP contribution in [-0.4, -0.2) is 58.6 Å². The summed E-state index contributed by atoms with van der Waals surface area (Å²) >= 11 is 0. The molecule has 1 saturated heterocycles. The summed E-state index contributed by atoms with van der Waals surface area (Å²) in [4.78, 5) is 12.6. The molecular formula is C21H26N2O5S. The second-order valence-electron chi connectivity index (χ2n) is 6.72. The number of nitrogens with zero attached hydrogens (tertiary/aromatic N) is 1. The molecule has 0 saturated carbocycles. The molecule has 8 heteroatoms. The molecule has 1 N–H and O–H groups in total. The van der Waals surface area contributed by atoms with Gasteiger partial charge in [-0.05, 0) is 42.7 Å². The third kappa shape index (κ3) is 5.35. The van der Waals surface area contributed by atoms with Crippen molar-refractivity contribution in [3.63, 3.8) is 0 Å². The van der Waals surface area contributed by atoms with E-state index in [4.69, 9.17) is 9.47 Å². The van der Waals surface area contributed by atoms with Crippen LogP contribution in [0.2, 0.25) is 0 Å². The van der Waals surface area contributed by atoms with Crippen LogP contribution in [0, 0.1) is 0 Å². The summed E-state index contributed by atoms with van der Waals surface area (Å²) in [6.07, 6.45) is 1.52. The molecule has 156 valence electrons. The number of sulfonamides is 1. The SMILES string of the molecule is COc1ccccc1CCCNC(=O)c1cccc(S(=O)(=O)N2CCOCC2)c1. The topological polar surface area (TPSA) is 84.9 Å². The fourth-order valence-electron chi connectivity index (χ4n) is 3.23. The number of aryl methyl sites for hydroxylation is 1. The Morgan fingerprint density at radius 2 is 1.90 bits per heavy atom. The molecule has 3 rings (SSSR count). The van der Waals surface area contributed by atoms with E-state index in [1.807, 2.05) is 24.3 Å². The van der Waals surface area contributed by atoms with E-state index in [2.05, 4.69) is 5.32 Å². The first kappa shape index (κ1) is 21.3. The van der Waals surface area contributed by atoms with Crippen LogP contribution in [0.15, 0.2) is 53.4 Å². The minimum Gasteiger partial charge on any atom is -0.496 e. The van der Waals surface area contributed by atoms with Gasteiger partial charge in [-0.1, -0.05) is 24.3 Å². The summed E-state index contributed by atoms with van der Waals surface area (Å²) in [5.41, 5.74) is 1.42. The van der Waals surface area contributed by atoms with E-state index < -0.39 is 10.0 Å². The number of amides is 1. The smallest absolute Gasteiger partial charge is 0.251 e. The number of morpholine rings is 1. The van der Waals surface area contributed by atoms with E-state index >= 15 is 0 Å². The molecule has 2 aromatic rings. The quantitative estimate of drug-likeness (QED) is 0.664. The van der Waals surface area contributed by atoms with Gasteiger partial charge in [0.1, 0.15) is 5.75 Å². The summed E-state index contributed by atoms with van der Waals surface area (Å²) in [7, 11) is -1.99. The molecule has 0 spiro atoms. The van der Waals surface area contributed by atoms with Gasteiger partial charge < -0.3 is 14.8 Å². The van der Waals surface area contributed by atoms with Gasteiger partial charge in [0.15, 0.2) is 0 Å². The molecule has 0 bridgehead atoms. The minimum absolute atomic E-state index is 0.126. The van der Waals surface area contributed by atoms with Crippen molar-refractivity contribution in [3.05, 3.63) is 59.7 Å². The summed E-state index contributed by atoms with van der Waals surface area (Å²) in [5, 5.41) is 2.86. The number of carbonyl (C=O) groups excluding carboxylic acids is 1. The zero-order chi connectivity index (χ0) is 20.7. The average molecular weight is 419 g/mol. The van der Waals surface area contributed by atoms with Crippen LogP contribution < -0.4 is 10.1 Å². The van der Waals surface area contributed by atoms with Gasteiger partial charge in [-0.3, -0.25) is 4.79 Å². The van der Waals surface area contributed by atoms with E-state index in [-0.39, 0.29) is 10.8 Å². The van der Waals surface area contributed by atoms with E-state index in [1.54, 1.807) is 19.2 Å². The molecule has 0 atom stereocenters. The second-order valence-corrected chi connectivity index (χ2v) is 8.65. The summed E-state index contributed by atoms with van der Waals surface area (Å²) in [6.45, 7) is 1.89. The molecule has 1 fully saturated rings. The van der Waals surface area contributed by atoms with Crippen LogP contribution in [0.1, 0.15) is 22.3 Å². The number of benzene rings is 2. The highest BCUT2D eigenvalue weighted by Crippen LogP contribution is 2.19. The van der Waals surface area contributed by atoms with Crippen molar-refractivity contribution in [2.75, 3.05) is 40.0 Å². The predicted octanol–water partition coefficient (Wildman–Crippen LogP) is 2.08. The fraction of sp³-hybridized carbons (Fsp3) is 0.381. The van der Waals surface area contributed by atoms with E-state index in [0.717, 1.165) is 24.2 Å². The summed E-state index contributed by atoms with van der Waals surface area (Å²) in [6, 6.07) is 13.9. The molecule has 1 aliphatic heterocycles. The average Bonchev–Trinajstić information content (AvgIpc) is 2.77. The highest BCUT2D eigenvalue weighted by Gasteiger charge is 2.26. The third-order valence-electron chi connectivity index (χ3n) is 4.81. The number of rotatable bonds is 8. The number of carbonyl (C=O) groups is 1. The largest absolute Gasteiger partial charge is 0.496 e. The van der Waals surface area contributed by atoms with Crippen LogP contribution in [-0.2, 0) is 21.2 Å². The number of hydrogen-bond donors (Lipinski definition) is 1. The van der Waals surface area contributed by atoms with E-state index in [0.29, 0.717) is 38.4 Å². The Kier molecular flexibility index (Phi) is 7.24. The van der Waals surface area contributed by atoms with Crippen molar-refractivity contribution in [1.29, 1.82) is 0 Å². The number of methoxy groups -OCH3 is 1. The van der Waals surface area contributed by atoms with Crippen LogP contribution >= 0.6 is 0 Å². The van der Waals surface area contributed by atoms with E-state index in [1.165, 1.54) is 16.4 Å². The van der Waals surface area contributed by atoms with Gasteiger partial charge in [-0.2, -0.15) is 4.31 Å². The lowest BCUT2D eigenvalue weighted by Gasteiger charge is -2.26. The minimum atomic E-state index is -3.63. The zero-order valence-corrected chi connectivity index (χ0v) is 17.3. The highest BCUT2D eigenvalue weighted by molar-refractivity contribution is 7.89. The Hall–Kier alpha value is -2.42. The van der Waals surface area contributed by atoms with Crippen LogP contribution in [0.5, 0.6) is 5.75 Å². The number of para-hydroxylation sites is 1. The molecule has 7 nitrogen and oxygen atoms in total. The Morgan fingerprint density at radius 3 is 2.66 bits per heavy atom. The molecule has 1 heterocycles. The van der Waals surface area contributed by atoms with Crippen LogP contribution in [0.4, 0.5) is 0 Å². The van der Waals surface area contributed by atoms with Crippen LogP contribution in [0.25, 0.3) is 0 Å². The van der Waals surface area contributed by atoms with Gasteiger partial charge in [0.05, 0.1) is 25.2 Å². The summed E-state index contributed by atoms with van der Waals surface area (Å²) < 4.78 is 37.5. The number of ether oxygens (including phenoxy) is 2. The van der Waals surface area contributed by atoms with Crippen molar-refractivity contribution >= 4 is 15.9 Å². The molecule has 0 unspecified atom stereocenters.